The van der Waals surface area contributed by atoms with Gasteiger partial charge in [-0.15, -0.1) is 0 Å². The highest BCUT2D eigenvalue weighted by atomic mass is 32.2. The van der Waals surface area contributed by atoms with Crippen LogP contribution < -0.4 is 10.0 Å². The van der Waals surface area contributed by atoms with Crippen LogP contribution in [0.25, 0.3) is 0 Å². The smallest absolute Gasteiger partial charge is 0.244 e. The molecule has 0 aliphatic carbocycles. The van der Waals surface area contributed by atoms with Crippen LogP contribution in [-0.4, -0.2) is 53.9 Å². The third-order valence-electron chi connectivity index (χ3n) is 2.49. The SMILES string of the molecule is CNc1ncccc1S(=O)(=O)NCCCOCCOC. The zero-order valence-electron chi connectivity index (χ0n) is 11.8. The third-order valence-corrected chi connectivity index (χ3v) is 3.98. The molecule has 20 heavy (non-hydrogen) atoms. The molecular weight excluding hydrogens is 282 g/mol. The quantitative estimate of drug-likeness (QED) is 0.610. The second kappa shape index (κ2) is 8.85. The monoisotopic (exact) mass is 303 g/mol. The van der Waals surface area contributed by atoms with Gasteiger partial charge < -0.3 is 14.8 Å². The van der Waals surface area contributed by atoms with Crippen molar-refractivity contribution in [3.05, 3.63) is 18.3 Å². The van der Waals surface area contributed by atoms with E-state index < -0.39 is 10.0 Å². The molecule has 8 heteroatoms. The molecule has 0 bridgehead atoms. The van der Waals surface area contributed by atoms with Crippen molar-refractivity contribution in [2.45, 2.75) is 11.3 Å². The molecule has 0 aliphatic rings. The molecule has 0 unspecified atom stereocenters. The fourth-order valence-electron chi connectivity index (χ4n) is 1.50. The number of nitrogens with one attached hydrogen (secondary N) is 2. The minimum absolute atomic E-state index is 0.141. The van der Waals surface area contributed by atoms with Crippen molar-refractivity contribution in [1.29, 1.82) is 0 Å². The number of pyridine rings is 1. The van der Waals surface area contributed by atoms with Crippen molar-refractivity contribution >= 4 is 15.8 Å². The molecule has 114 valence electrons. The van der Waals surface area contributed by atoms with Gasteiger partial charge in [-0.2, -0.15) is 0 Å². The van der Waals surface area contributed by atoms with Crippen LogP contribution in [0.15, 0.2) is 23.2 Å². The summed E-state index contributed by atoms with van der Waals surface area (Å²) in [6.07, 6.45) is 2.13. The van der Waals surface area contributed by atoms with E-state index in [9.17, 15) is 8.42 Å². The number of sulfonamides is 1. The first-order valence-corrected chi connectivity index (χ1v) is 7.79. The summed E-state index contributed by atoms with van der Waals surface area (Å²) in [5.41, 5.74) is 0. The number of anilines is 1. The third kappa shape index (κ3) is 5.41. The number of methoxy groups -OCH3 is 1. The number of rotatable bonds is 10. The molecule has 0 saturated carbocycles. The Hall–Kier alpha value is -1.22. The highest BCUT2D eigenvalue weighted by Crippen LogP contribution is 2.16. The van der Waals surface area contributed by atoms with Crippen molar-refractivity contribution in [2.24, 2.45) is 0 Å². The lowest BCUT2D eigenvalue weighted by Gasteiger charge is -2.10. The highest BCUT2D eigenvalue weighted by Gasteiger charge is 2.17. The summed E-state index contributed by atoms with van der Waals surface area (Å²) in [5, 5.41) is 2.76. The predicted molar refractivity (Wildman–Crippen MR) is 76.3 cm³/mol. The number of aromatic nitrogens is 1. The van der Waals surface area contributed by atoms with Crippen molar-refractivity contribution in [1.82, 2.24) is 9.71 Å². The minimum Gasteiger partial charge on any atom is -0.382 e. The molecular formula is C12H21N3O4S. The average Bonchev–Trinajstić information content (AvgIpc) is 2.46. The first-order valence-electron chi connectivity index (χ1n) is 6.31. The topological polar surface area (TPSA) is 89.6 Å². The van der Waals surface area contributed by atoms with E-state index in [1.165, 1.54) is 12.3 Å². The van der Waals surface area contributed by atoms with Gasteiger partial charge in [0.05, 0.1) is 13.2 Å². The zero-order valence-corrected chi connectivity index (χ0v) is 12.6. The van der Waals surface area contributed by atoms with Crippen LogP contribution in [0.2, 0.25) is 0 Å². The lowest BCUT2D eigenvalue weighted by Crippen LogP contribution is -2.26. The molecule has 0 spiro atoms. The molecule has 0 amide bonds. The molecule has 0 aromatic carbocycles. The van der Waals surface area contributed by atoms with Crippen LogP contribution in [0.5, 0.6) is 0 Å². The molecule has 1 rings (SSSR count). The Bertz CT molecular complexity index is 493. The van der Waals surface area contributed by atoms with Gasteiger partial charge in [0.15, 0.2) is 0 Å². The second-order valence-electron chi connectivity index (χ2n) is 3.96. The molecule has 0 radical (unpaired) electrons. The normalized spacial score (nSPS) is 11.5. The number of hydrogen-bond acceptors (Lipinski definition) is 6. The number of nitrogens with zero attached hydrogens (tertiary/aromatic N) is 1. The Morgan fingerprint density at radius 3 is 2.80 bits per heavy atom. The summed E-state index contributed by atoms with van der Waals surface area (Å²) in [6, 6.07) is 3.10. The van der Waals surface area contributed by atoms with Crippen LogP contribution in [0.3, 0.4) is 0 Å². The molecule has 0 atom stereocenters. The van der Waals surface area contributed by atoms with Gasteiger partial charge >= 0.3 is 0 Å². The fraction of sp³-hybridized carbons (Fsp3) is 0.583. The number of hydrogen-bond donors (Lipinski definition) is 2. The van der Waals surface area contributed by atoms with Gasteiger partial charge in [0.25, 0.3) is 0 Å². The van der Waals surface area contributed by atoms with Gasteiger partial charge in [0, 0.05) is 33.5 Å². The second-order valence-corrected chi connectivity index (χ2v) is 5.69. The summed E-state index contributed by atoms with van der Waals surface area (Å²) in [5.74, 6) is 0.330. The molecule has 2 N–H and O–H groups in total. The largest absolute Gasteiger partial charge is 0.382 e. The summed E-state index contributed by atoms with van der Waals surface area (Å²) in [7, 11) is -0.324. The van der Waals surface area contributed by atoms with E-state index in [0.717, 1.165) is 0 Å². The van der Waals surface area contributed by atoms with Crippen LogP contribution >= 0.6 is 0 Å². The van der Waals surface area contributed by atoms with Gasteiger partial charge in [0.2, 0.25) is 10.0 Å². The average molecular weight is 303 g/mol. The molecule has 7 nitrogen and oxygen atoms in total. The molecule has 1 heterocycles. The van der Waals surface area contributed by atoms with Crippen molar-refractivity contribution < 1.29 is 17.9 Å². The molecule has 0 fully saturated rings. The fourth-order valence-corrected chi connectivity index (χ4v) is 2.73. The predicted octanol–water partition coefficient (Wildman–Crippen LogP) is 0.455. The van der Waals surface area contributed by atoms with Crippen LogP contribution in [0, 0.1) is 0 Å². The molecule has 0 saturated heterocycles. The van der Waals surface area contributed by atoms with E-state index in [-0.39, 0.29) is 4.90 Å². The van der Waals surface area contributed by atoms with E-state index in [4.69, 9.17) is 9.47 Å². The Balaban J connectivity index is 2.42. The van der Waals surface area contributed by atoms with Crippen molar-refractivity contribution in [3.8, 4) is 0 Å². The van der Waals surface area contributed by atoms with E-state index in [1.807, 2.05) is 0 Å². The molecule has 0 aliphatic heterocycles. The maximum absolute atomic E-state index is 12.1. The van der Waals surface area contributed by atoms with Gasteiger partial charge in [-0.05, 0) is 18.6 Å². The maximum atomic E-state index is 12.1. The minimum atomic E-state index is -3.56. The lowest BCUT2D eigenvalue weighted by molar-refractivity contribution is 0.0699. The summed E-state index contributed by atoms with van der Waals surface area (Å²) < 4.78 is 36.8. The Kier molecular flexibility index (Phi) is 7.45. The van der Waals surface area contributed by atoms with Gasteiger partial charge in [-0.3, -0.25) is 0 Å². The summed E-state index contributed by atoms with van der Waals surface area (Å²) in [4.78, 5) is 4.11. The van der Waals surface area contributed by atoms with E-state index in [0.29, 0.717) is 38.6 Å². The van der Waals surface area contributed by atoms with Crippen LogP contribution in [0.4, 0.5) is 5.82 Å². The van der Waals surface area contributed by atoms with Crippen molar-refractivity contribution in [3.63, 3.8) is 0 Å². The highest BCUT2D eigenvalue weighted by molar-refractivity contribution is 7.89. The standard InChI is InChI=1S/C12H21N3O4S/c1-13-12-11(5-3-6-14-12)20(16,17)15-7-4-8-19-10-9-18-2/h3,5-6,15H,4,7-10H2,1-2H3,(H,13,14). The lowest BCUT2D eigenvalue weighted by atomic mass is 10.5. The first-order chi connectivity index (χ1) is 9.61. The maximum Gasteiger partial charge on any atom is 0.244 e. The van der Waals surface area contributed by atoms with Crippen LogP contribution in [0.1, 0.15) is 6.42 Å². The van der Waals surface area contributed by atoms with E-state index in [2.05, 4.69) is 15.0 Å². The number of ether oxygens (including phenoxy) is 2. The van der Waals surface area contributed by atoms with Gasteiger partial charge in [-0.1, -0.05) is 0 Å². The Morgan fingerprint density at radius 2 is 2.10 bits per heavy atom. The first kappa shape index (κ1) is 16.8. The van der Waals surface area contributed by atoms with Gasteiger partial charge in [-0.25, -0.2) is 18.1 Å². The van der Waals surface area contributed by atoms with Gasteiger partial charge in [0.1, 0.15) is 10.7 Å². The molecule has 1 aromatic rings. The van der Waals surface area contributed by atoms with Crippen molar-refractivity contribution in [2.75, 3.05) is 45.8 Å². The summed E-state index contributed by atoms with van der Waals surface area (Å²) in [6.45, 7) is 1.84. The Labute approximate surface area is 119 Å². The van der Waals surface area contributed by atoms with E-state index in [1.54, 1.807) is 20.2 Å². The Morgan fingerprint density at radius 1 is 1.30 bits per heavy atom. The van der Waals surface area contributed by atoms with E-state index >= 15 is 0 Å². The molecule has 1 aromatic heterocycles. The zero-order chi connectivity index (χ0) is 14.8. The van der Waals surface area contributed by atoms with Crippen LogP contribution in [-0.2, 0) is 19.5 Å². The summed E-state index contributed by atoms with van der Waals surface area (Å²) >= 11 is 0.